The molecule has 2 unspecified atom stereocenters. The molecular weight excluding hydrogens is 1100 g/mol. The summed E-state index contributed by atoms with van der Waals surface area (Å²) in [5.74, 6) is 121. The van der Waals surface area contributed by atoms with E-state index < -0.39 is 7.12 Å². The Morgan fingerprint density at radius 2 is 0.857 bits per heavy atom. The van der Waals surface area contributed by atoms with Crippen LogP contribution in [0.4, 0.5) is 0 Å². The summed E-state index contributed by atoms with van der Waals surface area (Å²) in [6.07, 6.45) is 19.0. The van der Waals surface area contributed by atoms with Crippen LogP contribution in [0.3, 0.4) is 0 Å². The molecular formula is C75H145BBrNO6. The number of rotatable bonds is 14. The van der Waals surface area contributed by atoms with Crippen molar-refractivity contribution in [1.29, 1.82) is 0 Å². The van der Waals surface area contributed by atoms with Gasteiger partial charge in [-0.15, -0.1) is 19.3 Å². The summed E-state index contributed by atoms with van der Waals surface area (Å²) in [5, 5.41) is 0. The maximum absolute atomic E-state index is 6.28. The Kier molecular flexibility index (Phi) is 40.3. The van der Waals surface area contributed by atoms with Gasteiger partial charge in [-0.2, -0.15) is 4.48 Å². The number of hydrogen-bond donors (Lipinski definition) is 0. The Hall–Kier alpha value is -12.6. The van der Waals surface area contributed by atoms with E-state index in [1.807, 2.05) is 33.0 Å². The average molecular weight is 1250 g/mol. The van der Waals surface area contributed by atoms with Gasteiger partial charge < -0.3 is 35.8 Å². The van der Waals surface area contributed by atoms with Crippen molar-refractivity contribution in [2.24, 2.45) is 5.41 Å². The molecule has 0 aliphatic carbocycles. The van der Waals surface area contributed by atoms with Crippen LogP contribution in [-0.2, 0) is 23.8 Å². The molecule has 7 nitrogen and oxygen atoms in total. The first-order valence-corrected chi connectivity index (χ1v) is 23.9. The zero-order chi connectivity index (χ0) is 59.7. The van der Waals surface area contributed by atoms with Crippen molar-refractivity contribution >= 4 is 12.6 Å². The number of hydrogen-bond acceptors (Lipinski definition) is 6. The number of ether oxygens (including phenoxy) is 2. The van der Waals surface area contributed by atoms with Gasteiger partial charge in [0.2, 0.25) is 0 Å². The first-order valence-electron chi connectivity index (χ1n) is 23.9. The van der Waals surface area contributed by atoms with Gasteiger partial charge in [0.25, 0.3) is 0 Å². The van der Waals surface area contributed by atoms with Crippen molar-refractivity contribution in [3.8, 4) is 327 Å². The molecule has 1 fully saturated rings. The van der Waals surface area contributed by atoms with Crippen LogP contribution in [0.1, 0.15) is 117 Å². The maximum atomic E-state index is 6.28. The summed E-state index contributed by atoms with van der Waals surface area (Å²) < 4.78 is 24.0. The summed E-state index contributed by atoms with van der Waals surface area (Å²) in [4.78, 5) is 11.5. The van der Waals surface area contributed by atoms with E-state index in [1.54, 1.807) is 12.1 Å². The smallest absolute Gasteiger partial charge is 0.493 e. The summed E-state index contributed by atoms with van der Waals surface area (Å²) in [6, 6.07) is 13.3. The predicted molar refractivity (Wildman–Crippen MR) is 437 cm³/mol. The third-order valence-electron chi connectivity index (χ3n) is 8.79. The van der Waals surface area contributed by atoms with E-state index in [-0.39, 0.29) is 123 Å². The SMILES string of the molecule is C#CC#CC#CC#CC#CC#CC#CC#CC#COc1ccc(B2OCC(C)(COC(C)CC(CC)OOCCC[N+](C)(C#CC#CC#CC#CC#CC#CC#CC#CC#C)C#CC#CC#CC#CC#CC#CC#CC#CC#C)CO2)cc1.[Br-].[HH].[HH].[HH].[HH].[HH].[HH].[HH].[HH].[HH].[HH].[HH].[HH].[HH].[HH].[HH].[HH].[HH].[HH].[HH].[HH].[HH].[HH].[HH].[HH].[HH].[HH].[HH].[HH].[HH].[HH].[HH].[HH].[HH].[HH].[HH].[HH].[HH].[HH].[HH].[HH].[HH].[HH].[HH].[HH].[HH].[HH].[HH].[HH].[HH].[HH].[HH].[HH].[HH].[HH]. The third kappa shape index (κ3) is 38.9. The van der Waals surface area contributed by atoms with Gasteiger partial charge in [0.15, 0.2) is 12.1 Å². The predicted octanol–water partition coefficient (Wildman–Crippen LogP) is 13.3. The molecule has 1 aliphatic rings. The second-order valence-corrected chi connectivity index (χ2v) is 15.4. The Balaban J connectivity index is -0.0000000247. The van der Waals surface area contributed by atoms with E-state index in [1.165, 1.54) is 0 Å². The number of terminal acetylenes is 3. The minimum atomic E-state index is -0.548. The van der Waals surface area contributed by atoms with Crippen LogP contribution in [0.5, 0.6) is 5.75 Å². The lowest BCUT2D eigenvalue weighted by Gasteiger charge is -2.37. The Bertz CT molecular complexity index is 4370. The third-order valence-corrected chi connectivity index (χ3v) is 8.79. The molecule has 1 aromatic rings. The van der Waals surface area contributed by atoms with Gasteiger partial charge in [-0.05, 0) is 173 Å². The van der Waals surface area contributed by atoms with Crippen molar-refractivity contribution in [3.05, 3.63) is 24.3 Å². The molecule has 1 saturated heterocycles. The van der Waals surface area contributed by atoms with Crippen LogP contribution in [0, 0.1) is 327 Å². The topological polar surface area (TPSA) is 55.4 Å². The second-order valence-electron chi connectivity index (χ2n) is 15.4. The zero-order valence-electron chi connectivity index (χ0n) is 45.7. The summed E-state index contributed by atoms with van der Waals surface area (Å²) in [5.41, 5.74) is 0.458. The normalized spacial score (nSPS) is 9.37. The number of halogens is 1. The molecule has 0 spiro atoms. The van der Waals surface area contributed by atoms with Crippen LogP contribution in [0.2, 0.25) is 0 Å². The van der Waals surface area contributed by atoms with Crippen molar-refractivity contribution < 1.29 is 127 Å². The monoisotopic (exact) mass is 1250 g/mol. The molecule has 0 bridgehead atoms. The van der Waals surface area contributed by atoms with Crippen LogP contribution in [0.15, 0.2) is 24.3 Å². The van der Waals surface area contributed by atoms with Gasteiger partial charge in [-0.25, -0.2) is 9.78 Å². The van der Waals surface area contributed by atoms with Crippen molar-refractivity contribution in [2.75, 3.05) is 40.0 Å². The molecule has 9 heteroatoms. The lowest BCUT2D eigenvalue weighted by atomic mass is 9.76. The minimum absolute atomic E-state index is 0. The molecule has 2 atom stereocenters. The molecule has 0 N–H and O–H groups in total. The quantitative estimate of drug-likeness (QED) is 0.0462. The van der Waals surface area contributed by atoms with Crippen LogP contribution in [-0.4, -0.2) is 63.8 Å². The summed E-state index contributed by atoms with van der Waals surface area (Å²) >= 11 is 0. The molecule has 0 radical (unpaired) electrons. The molecule has 84 heavy (non-hydrogen) atoms. The molecule has 0 amide bonds. The van der Waals surface area contributed by atoms with Gasteiger partial charge in [-0.1, -0.05) is 26.0 Å². The highest BCUT2D eigenvalue weighted by molar-refractivity contribution is 6.61. The number of benzene rings is 1. The summed E-state index contributed by atoms with van der Waals surface area (Å²) in [6.45, 7) is 8.04. The molecule has 0 aromatic heterocycles. The fourth-order valence-electron chi connectivity index (χ4n) is 5.13. The molecule has 0 saturated carbocycles. The van der Waals surface area contributed by atoms with Gasteiger partial charge in [0.1, 0.15) is 18.4 Å². The Morgan fingerprint density at radius 1 is 0.524 bits per heavy atom. The highest BCUT2D eigenvalue weighted by Crippen LogP contribution is 2.25. The number of quaternary nitrogens is 1. The van der Waals surface area contributed by atoms with Crippen LogP contribution < -0.4 is 27.2 Å². The zero-order valence-corrected chi connectivity index (χ0v) is 47.3. The lowest BCUT2D eigenvalue weighted by Crippen LogP contribution is -3.00. The maximum Gasteiger partial charge on any atom is 0.493 e. The lowest BCUT2D eigenvalue weighted by molar-refractivity contribution is -0.773. The van der Waals surface area contributed by atoms with E-state index in [0.717, 1.165) is 5.46 Å². The van der Waals surface area contributed by atoms with Crippen molar-refractivity contribution in [1.82, 2.24) is 0 Å². The molecule has 1 heterocycles. The van der Waals surface area contributed by atoms with Crippen LogP contribution >= 0.6 is 0 Å². The van der Waals surface area contributed by atoms with Gasteiger partial charge in [-0.3, -0.25) is 0 Å². The molecule has 2 rings (SSSR count). The average Bonchev–Trinajstić information content (AvgIpc) is 0.827. The van der Waals surface area contributed by atoms with E-state index in [9.17, 15) is 0 Å². The highest BCUT2D eigenvalue weighted by atomic mass is 79.9. The molecule has 1 aliphatic heterocycles. The minimum Gasteiger partial charge on any atom is -1.00 e. The van der Waals surface area contributed by atoms with E-state index in [4.69, 9.17) is 47.8 Å². The highest BCUT2D eigenvalue weighted by Gasteiger charge is 2.37. The fourth-order valence-corrected chi connectivity index (χ4v) is 5.13. The summed E-state index contributed by atoms with van der Waals surface area (Å²) in [7, 11) is 1.26. The van der Waals surface area contributed by atoms with Crippen molar-refractivity contribution in [2.45, 2.75) is 52.2 Å². The molecule has 496 valence electrons. The van der Waals surface area contributed by atoms with Gasteiger partial charge >= 0.3 is 7.12 Å². The van der Waals surface area contributed by atoms with E-state index in [0.29, 0.717) is 51.4 Å². The van der Waals surface area contributed by atoms with Gasteiger partial charge in [0, 0.05) is 239 Å². The largest absolute Gasteiger partial charge is 1.00 e. The Morgan fingerprint density at radius 3 is 1.20 bits per heavy atom. The first kappa shape index (κ1) is 69.5. The van der Waals surface area contributed by atoms with Gasteiger partial charge in [0.05, 0.1) is 44.3 Å². The number of nitrogens with zero attached hydrogens (tertiary/aromatic N) is 1. The van der Waals surface area contributed by atoms with E-state index >= 15 is 0 Å². The van der Waals surface area contributed by atoms with Crippen molar-refractivity contribution in [3.63, 3.8) is 0 Å². The Labute approximate surface area is 589 Å². The van der Waals surface area contributed by atoms with Crippen LogP contribution in [0.25, 0.3) is 0 Å². The first-order chi connectivity index (χ1) is 40.8. The standard InChI is InChI=1S/C75H37BNO6.BrH.54H2/c1-8-12-15-18-21-24-27-30-33-36-39-42-45-48-51-54-62-77(7,63-55-52-49-46-43-40-37-34-31-28-25-22-19-16-13-9-2)64-57-66-82-83-73(11-4)67-71(5)79-68-75(6)69-80-76(81-70-75)72-58-60-74(61-59-72)78-65-56-53-50-47-44-41-38-35-32-29-26-23-20-17-14-10-3;;;;;;;;;;;;;;;;;;;;;;;;;;;;;;;;;;;;;;;;;;;;;;;;;;;;;;;/h1-3,58-61,71,73H,11,57,64,66-70H2,4-7H3;55*1H/q+1;;;;;;;;;;;;;;;;;;;;;;;;;;;;;;;;;;;;;;;;;;;;;;;;;;;;;;;/p-1. The molecule has 1 aromatic carbocycles. The fraction of sp³-hybridized carbons (Fsp3) is 0.200. The van der Waals surface area contributed by atoms with E-state index in [2.05, 4.69) is 309 Å². The second kappa shape index (κ2) is 48.8.